The molecule has 0 radical (unpaired) electrons. The predicted octanol–water partition coefficient (Wildman–Crippen LogP) is 4.82. The smallest absolute Gasteiger partial charge is 0.232 e. The van der Waals surface area contributed by atoms with Crippen molar-refractivity contribution < 1.29 is 4.74 Å². The van der Waals surface area contributed by atoms with Crippen LogP contribution in [0.25, 0.3) is 11.1 Å². The third kappa shape index (κ3) is 3.31. The van der Waals surface area contributed by atoms with Crippen LogP contribution in [0.1, 0.15) is 55.3 Å². The molecule has 3 heteroatoms. The quantitative estimate of drug-likeness (QED) is 0.593. The van der Waals surface area contributed by atoms with Crippen molar-refractivity contribution in [1.29, 1.82) is 5.26 Å². The van der Waals surface area contributed by atoms with E-state index in [4.69, 9.17) is 9.72 Å². The predicted molar refractivity (Wildman–Crippen MR) is 102 cm³/mol. The number of rotatable bonds is 3. The Labute approximate surface area is 155 Å². The highest BCUT2D eigenvalue weighted by Gasteiger charge is 2.24. The lowest BCUT2D eigenvalue weighted by Crippen LogP contribution is -2.20. The molecule has 0 unspecified atom stereocenters. The van der Waals surface area contributed by atoms with Crippen LogP contribution in [0.15, 0.2) is 30.3 Å². The molecule has 1 heterocycles. The minimum Gasteiger partial charge on any atom is -0.472 e. The molecule has 4 rings (SSSR count). The molecule has 1 atom stereocenters. The van der Waals surface area contributed by atoms with Gasteiger partial charge < -0.3 is 4.74 Å². The van der Waals surface area contributed by atoms with Crippen LogP contribution in [-0.4, -0.2) is 11.1 Å². The monoisotopic (exact) mass is 342 g/mol. The van der Waals surface area contributed by atoms with Crippen LogP contribution in [0, 0.1) is 23.2 Å². The second-order valence-corrected chi connectivity index (χ2v) is 6.97. The molecule has 0 saturated carbocycles. The van der Waals surface area contributed by atoms with E-state index in [0.29, 0.717) is 17.9 Å². The number of ether oxygens (including phenoxy) is 1. The van der Waals surface area contributed by atoms with Gasteiger partial charge in [0, 0.05) is 24.1 Å². The zero-order valence-electron chi connectivity index (χ0n) is 14.9. The first-order chi connectivity index (χ1) is 12.9. The van der Waals surface area contributed by atoms with E-state index in [1.54, 1.807) is 0 Å². The maximum Gasteiger partial charge on any atom is 0.232 e. The summed E-state index contributed by atoms with van der Waals surface area (Å²) in [5, 5.41) is 9.96. The third-order valence-electron chi connectivity index (χ3n) is 5.19. The Morgan fingerprint density at radius 3 is 2.69 bits per heavy atom. The first-order valence-corrected chi connectivity index (χ1v) is 9.50. The molecule has 2 aromatic rings. The van der Waals surface area contributed by atoms with Crippen LogP contribution in [0.3, 0.4) is 0 Å². The van der Waals surface area contributed by atoms with Crippen molar-refractivity contribution in [1.82, 2.24) is 4.98 Å². The van der Waals surface area contributed by atoms with Crippen LogP contribution in [0.2, 0.25) is 0 Å². The minimum atomic E-state index is 0.0308. The Bertz CT molecular complexity index is 900. The first kappa shape index (κ1) is 16.7. The van der Waals surface area contributed by atoms with E-state index < -0.39 is 0 Å². The third-order valence-corrected chi connectivity index (χ3v) is 5.19. The van der Waals surface area contributed by atoms with Crippen LogP contribution in [0.5, 0.6) is 5.88 Å². The molecular weight excluding hydrogens is 320 g/mol. The average molecular weight is 342 g/mol. The van der Waals surface area contributed by atoms with Gasteiger partial charge >= 0.3 is 0 Å². The van der Waals surface area contributed by atoms with E-state index >= 15 is 0 Å². The van der Waals surface area contributed by atoms with Crippen molar-refractivity contribution in [3.05, 3.63) is 47.2 Å². The van der Waals surface area contributed by atoms with Gasteiger partial charge in [-0.05, 0) is 43.2 Å². The van der Waals surface area contributed by atoms with Gasteiger partial charge in [0.05, 0.1) is 0 Å². The summed E-state index contributed by atoms with van der Waals surface area (Å²) in [4.78, 5) is 4.83. The van der Waals surface area contributed by atoms with Gasteiger partial charge in [-0.1, -0.05) is 42.7 Å². The van der Waals surface area contributed by atoms with Gasteiger partial charge in [-0.2, -0.15) is 5.26 Å². The van der Waals surface area contributed by atoms with Gasteiger partial charge in [0.2, 0.25) is 5.88 Å². The van der Waals surface area contributed by atoms with E-state index in [2.05, 4.69) is 30.0 Å². The maximum absolute atomic E-state index is 9.96. The summed E-state index contributed by atoms with van der Waals surface area (Å²) in [7, 11) is 0. The molecule has 0 saturated heterocycles. The molecule has 0 aliphatic heterocycles. The maximum atomic E-state index is 9.96. The van der Waals surface area contributed by atoms with Gasteiger partial charge in [0.15, 0.2) is 0 Å². The molecule has 0 fully saturated rings. The fourth-order valence-electron chi connectivity index (χ4n) is 3.88. The standard InChI is InChI=1S/C23H22N2O/c24-16-20-22(17-10-4-1-5-11-17)19-14-8-3-9-15-21(19)25-23(20)26-18-12-6-2-7-13-18/h1,4-5,10-11,18H,3,6,8-9,12-15H2/t18-/m0/s1. The molecule has 2 aliphatic carbocycles. The normalized spacial score (nSPS) is 18.7. The summed E-state index contributed by atoms with van der Waals surface area (Å²) < 4.78 is 6.21. The Kier molecular flexibility index (Phi) is 4.89. The number of aryl methyl sites for hydroxylation is 1. The molecule has 130 valence electrons. The Hall–Kier alpha value is -2.78. The number of benzene rings is 1. The molecule has 0 bridgehead atoms. The number of nitriles is 1. The highest BCUT2D eigenvalue weighted by molar-refractivity contribution is 5.77. The Morgan fingerprint density at radius 1 is 1.08 bits per heavy atom. The fourth-order valence-corrected chi connectivity index (χ4v) is 3.88. The van der Waals surface area contributed by atoms with E-state index in [-0.39, 0.29) is 6.10 Å². The van der Waals surface area contributed by atoms with Crippen LogP contribution in [0.4, 0.5) is 0 Å². The van der Waals surface area contributed by atoms with Crippen molar-refractivity contribution >= 4 is 0 Å². The SMILES string of the molecule is N#Cc1c(O[C@@H]2CC#CCC2)nc2c(c1-c1ccccc1)CCCCC2. The lowest BCUT2D eigenvalue weighted by atomic mass is 9.92. The van der Waals surface area contributed by atoms with Crippen molar-refractivity contribution in [3.8, 4) is 34.9 Å². The van der Waals surface area contributed by atoms with E-state index in [1.807, 2.05) is 18.2 Å². The molecule has 2 aliphatic rings. The summed E-state index contributed by atoms with van der Waals surface area (Å²) in [6.45, 7) is 0. The highest BCUT2D eigenvalue weighted by Crippen LogP contribution is 2.37. The molecular formula is C23H22N2O. The van der Waals surface area contributed by atoms with E-state index in [0.717, 1.165) is 55.3 Å². The number of aromatic nitrogens is 1. The zero-order chi connectivity index (χ0) is 17.8. The molecule has 26 heavy (non-hydrogen) atoms. The summed E-state index contributed by atoms with van der Waals surface area (Å²) in [6, 6.07) is 12.6. The molecule has 0 N–H and O–H groups in total. The molecule has 0 spiro atoms. The highest BCUT2D eigenvalue weighted by atomic mass is 16.5. The van der Waals surface area contributed by atoms with Crippen LogP contribution < -0.4 is 4.74 Å². The summed E-state index contributed by atoms with van der Waals surface area (Å²) >= 11 is 0. The summed E-state index contributed by atoms with van der Waals surface area (Å²) in [5.74, 6) is 6.74. The van der Waals surface area contributed by atoms with E-state index in [1.165, 1.54) is 12.0 Å². The van der Waals surface area contributed by atoms with Crippen molar-refractivity contribution in [2.45, 2.75) is 57.5 Å². The topological polar surface area (TPSA) is 45.9 Å². The van der Waals surface area contributed by atoms with Gasteiger partial charge in [-0.15, -0.1) is 5.92 Å². The number of nitrogens with zero attached hydrogens (tertiary/aromatic N) is 2. The Morgan fingerprint density at radius 2 is 1.92 bits per heavy atom. The Balaban J connectivity index is 1.86. The minimum absolute atomic E-state index is 0.0308. The van der Waals surface area contributed by atoms with Gasteiger partial charge in [0.1, 0.15) is 17.7 Å². The number of hydrogen-bond donors (Lipinski definition) is 0. The van der Waals surface area contributed by atoms with Gasteiger partial charge in [-0.3, -0.25) is 0 Å². The largest absolute Gasteiger partial charge is 0.472 e. The van der Waals surface area contributed by atoms with Crippen molar-refractivity contribution in [2.75, 3.05) is 0 Å². The van der Waals surface area contributed by atoms with E-state index in [9.17, 15) is 5.26 Å². The summed E-state index contributed by atoms with van der Waals surface area (Å²) in [5.41, 5.74) is 5.03. The van der Waals surface area contributed by atoms with Gasteiger partial charge in [-0.25, -0.2) is 4.98 Å². The second kappa shape index (κ2) is 7.63. The summed E-state index contributed by atoms with van der Waals surface area (Å²) in [6.07, 6.45) is 7.94. The second-order valence-electron chi connectivity index (χ2n) is 6.97. The number of pyridine rings is 1. The fraction of sp³-hybridized carbons (Fsp3) is 0.391. The zero-order valence-corrected chi connectivity index (χ0v) is 14.9. The lowest BCUT2D eigenvalue weighted by molar-refractivity contribution is 0.187. The molecule has 1 aromatic carbocycles. The average Bonchev–Trinajstić information content (AvgIpc) is 2.93. The molecule has 1 aromatic heterocycles. The lowest BCUT2D eigenvalue weighted by Gasteiger charge is -2.22. The number of hydrogen-bond acceptors (Lipinski definition) is 3. The van der Waals surface area contributed by atoms with Gasteiger partial charge in [0.25, 0.3) is 0 Å². The van der Waals surface area contributed by atoms with Crippen LogP contribution in [-0.2, 0) is 12.8 Å². The molecule has 3 nitrogen and oxygen atoms in total. The van der Waals surface area contributed by atoms with Crippen LogP contribution >= 0.6 is 0 Å². The van der Waals surface area contributed by atoms with Crippen molar-refractivity contribution in [2.24, 2.45) is 0 Å². The number of fused-ring (bicyclic) bond motifs is 1. The first-order valence-electron chi connectivity index (χ1n) is 9.50. The van der Waals surface area contributed by atoms with Crippen molar-refractivity contribution in [3.63, 3.8) is 0 Å². The molecule has 0 amide bonds.